The van der Waals surface area contributed by atoms with Gasteiger partial charge in [0.1, 0.15) is 5.75 Å². The first-order valence-corrected chi connectivity index (χ1v) is 12.5. The van der Waals surface area contributed by atoms with Crippen molar-refractivity contribution in [2.45, 2.75) is 37.5 Å². The van der Waals surface area contributed by atoms with Crippen LogP contribution in [-0.2, 0) is 32.1 Å². The van der Waals surface area contributed by atoms with Gasteiger partial charge in [0.15, 0.2) is 34.7 Å². The van der Waals surface area contributed by atoms with E-state index in [1.165, 1.54) is 4.90 Å². The van der Waals surface area contributed by atoms with Gasteiger partial charge in [0, 0.05) is 31.1 Å². The molecule has 0 bridgehead atoms. The minimum Gasteiger partial charge on any atom is -0.507 e. The van der Waals surface area contributed by atoms with Crippen LogP contribution in [0.2, 0.25) is 0 Å². The number of primary amides is 1. The number of amides is 1. The number of phenolic OH excluding ortho intramolecular Hbond substituents is 1. The number of nitrogens with zero attached hydrogens (tertiary/aromatic N) is 2. The van der Waals surface area contributed by atoms with Gasteiger partial charge >= 0.3 is 0 Å². The van der Waals surface area contributed by atoms with Gasteiger partial charge in [-0.1, -0.05) is 24.3 Å². The highest BCUT2D eigenvalue weighted by atomic mass is 16.3. The number of hydrogen-bond acceptors (Lipinski definition) is 9. The van der Waals surface area contributed by atoms with Gasteiger partial charge in [-0.25, -0.2) is 0 Å². The summed E-state index contributed by atoms with van der Waals surface area (Å²) in [6, 6.07) is 2.47. The Bertz CT molecular complexity index is 1250. The van der Waals surface area contributed by atoms with Crippen molar-refractivity contribution in [3.05, 3.63) is 41.0 Å². The van der Waals surface area contributed by atoms with E-state index in [0.29, 0.717) is 17.7 Å². The molecule has 4 aliphatic rings. The van der Waals surface area contributed by atoms with E-state index in [-0.39, 0.29) is 24.2 Å². The first kappa shape index (κ1) is 25.4. The van der Waals surface area contributed by atoms with Crippen molar-refractivity contribution >= 4 is 29.0 Å². The largest absolute Gasteiger partial charge is 0.507 e. The number of aromatic hydroxyl groups is 1. The van der Waals surface area contributed by atoms with Gasteiger partial charge in [-0.3, -0.25) is 33.8 Å². The monoisotopic (exact) mass is 509 g/mol. The van der Waals surface area contributed by atoms with Crippen molar-refractivity contribution in [3.8, 4) is 5.75 Å². The summed E-state index contributed by atoms with van der Waals surface area (Å²) in [6.45, 7) is 1.96. The fourth-order valence-electron chi connectivity index (χ4n) is 6.83. The van der Waals surface area contributed by atoms with Crippen molar-refractivity contribution in [1.82, 2.24) is 9.80 Å². The Hall–Kier alpha value is -3.21. The van der Waals surface area contributed by atoms with Gasteiger partial charge in [0.25, 0.3) is 0 Å². The van der Waals surface area contributed by atoms with E-state index in [4.69, 9.17) is 5.73 Å². The first-order valence-electron chi connectivity index (χ1n) is 12.5. The molecule has 0 radical (unpaired) electrons. The summed E-state index contributed by atoms with van der Waals surface area (Å²) in [5, 5.41) is 22.7. The van der Waals surface area contributed by atoms with Crippen molar-refractivity contribution < 1.29 is 34.2 Å². The maximum Gasteiger partial charge on any atom is 0.235 e. The lowest BCUT2D eigenvalue weighted by Crippen LogP contribution is -2.74. The SMILES string of the molecule is CN(C)[C@@H]1C(=O)C(C(N)=O)C(=O)[C@@]2(O)C(=O)C3C(=O)c4c(ccc(CN5CC=CCC5)c4O)C[C@H]3C[C@@H]12. The predicted octanol–water partition coefficient (Wildman–Crippen LogP) is -0.371. The van der Waals surface area contributed by atoms with Crippen LogP contribution in [0.1, 0.15) is 34.3 Å². The Morgan fingerprint density at radius 1 is 1.16 bits per heavy atom. The van der Waals surface area contributed by atoms with Crippen LogP contribution in [0.15, 0.2) is 24.3 Å². The van der Waals surface area contributed by atoms with Crippen LogP contribution in [0.5, 0.6) is 5.75 Å². The molecule has 1 heterocycles. The van der Waals surface area contributed by atoms with E-state index in [9.17, 15) is 34.2 Å². The molecule has 1 aliphatic heterocycles. The Kier molecular flexibility index (Phi) is 6.17. The summed E-state index contributed by atoms with van der Waals surface area (Å²) < 4.78 is 0. The molecular formula is C27H31N3O7. The summed E-state index contributed by atoms with van der Waals surface area (Å²) in [4.78, 5) is 69.6. The molecule has 5 rings (SSSR count). The highest BCUT2D eigenvalue weighted by Crippen LogP contribution is 2.50. The van der Waals surface area contributed by atoms with E-state index >= 15 is 0 Å². The second kappa shape index (κ2) is 8.97. The molecule has 3 aliphatic carbocycles. The third-order valence-corrected chi connectivity index (χ3v) is 8.55. The number of rotatable bonds is 4. The standard InChI is InChI=1S/C27H31N3O7/c1-29(2)20-16-11-15-10-13-6-7-14(12-30-8-4-3-5-9-30)21(31)17(13)22(32)18(15)24(34)27(16,37)25(35)19(23(20)33)26(28)36/h3-4,6-7,15-16,18-20,31,37H,5,8-12H2,1-2H3,(H2,28,36)/t15-,16-,18?,19?,20-,27-/m0/s1. The highest BCUT2D eigenvalue weighted by molar-refractivity contribution is 6.32. The summed E-state index contributed by atoms with van der Waals surface area (Å²) in [6.07, 6.45) is 5.33. The normalized spacial score (nSPS) is 33.8. The van der Waals surface area contributed by atoms with E-state index < -0.39 is 64.4 Å². The van der Waals surface area contributed by atoms with Crippen molar-refractivity contribution in [2.24, 2.45) is 29.4 Å². The van der Waals surface area contributed by atoms with Crippen LogP contribution in [0.3, 0.4) is 0 Å². The molecular weight excluding hydrogens is 478 g/mol. The fraction of sp³-hybridized carbons (Fsp3) is 0.519. The number of fused-ring (bicyclic) bond motifs is 3. The maximum atomic E-state index is 13.8. The van der Waals surface area contributed by atoms with Gasteiger partial charge in [-0.05, 0) is 44.8 Å². The Morgan fingerprint density at radius 2 is 1.89 bits per heavy atom. The van der Waals surface area contributed by atoms with Crippen molar-refractivity contribution in [2.75, 3.05) is 27.2 Å². The van der Waals surface area contributed by atoms with Crippen molar-refractivity contribution in [1.29, 1.82) is 0 Å². The smallest absolute Gasteiger partial charge is 0.235 e. The lowest BCUT2D eigenvalue weighted by molar-refractivity contribution is -0.181. The number of phenols is 1. The minimum atomic E-state index is -2.70. The summed E-state index contributed by atoms with van der Waals surface area (Å²) in [5.74, 6) is -10.1. The number of benzene rings is 1. The summed E-state index contributed by atoms with van der Waals surface area (Å²) in [5.41, 5.74) is 3.83. The second-order valence-corrected chi connectivity index (χ2v) is 10.9. The molecule has 0 saturated heterocycles. The van der Waals surface area contributed by atoms with E-state index in [1.807, 2.05) is 6.08 Å². The molecule has 4 N–H and O–H groups in total. The van der Waals surface area contributed by atoms with Crippen LogP contribution >= 0.6 is 0 Å². The molecule has 10 nitrogen and oxygen atoms in total. The molecule has 2 fully saturated rings. The van der Waals surface area contributed by atoms with Gasteiger partial charge in [0.05, 0.1) is 17.5 Å². The lowest BCUT2D eigenvalue weighted by Gasteiger charge is -2.52. The quantitative estimate of drug-likeness (QED) is 0.364. The van der Waals surface area contributed by atoms with E-state index in [0.717, 1.165) is 19.5 Å². The van der Waals surface area contributed by atoms with Crippen LogP contribution in [0.25, 0.3) is 0 Å². The molecule has 1 aromatic rings. The van der Waals surface area contributed by atoms with E-state index in [1.54, 1.807) is 26.2 Å². The Labute approximate surface area is 214 Å². The zero-order chi connectivity index (χ0) is 26.8. The zero-order valence-corrected chi connectivity index (χ0v) is 20.8. The topological polar surface area (TPSA) is 158 Å². The van der Waals surface area contributed by atoms with Crippen LogP contribution in [-0.4, -0.2) is 87.9 Å². The second-order valence-electron chi connectivity index (χ2n) is 10.9. The number of carbonyl (C=O) groups excluding carboxylic acids is 5. The van der Waals surface area contributed by atoms with Gasteiger partial charge in [0.2, 0.25) is 5.91 Å². The first-order chi connectivity index (χ1) is 17.5. The number of likely N-dealkylation sites (N-methyl/N-ethyl adjacent to an activating group) is 1. The third-order valence-electron chi connectivity index (χ3n) is 8.55. The number of ketones is 4. The van der Waals surface area contributed by atoms with Gasteiger partial charge < -0.3 is 15.9 Å². The average molecular weight is 510 g/mol. The third kappa shape index (κ3) is 3.69. The minimum absolute atomic E-state index is 0.0386. The Balaban J connectivity index is 1.55. The molecule has 1 aromatic carbocycles. The molecule has 2 saturated carbocycles. The summed E-state index contributed by atoms with van der Waals surface area (Å²) in [7, 11) is 3.12. The zero-order valence-electron chi connectivity index (χ0n) is 20.8. The highest BCUT2D eigenvalue weighted by Gasteiger charge is 2.69. The number of aliphatic hydroxyl groups is 1. The average Bonchev–Trinajstić information content (AvgIpc) is 2.83. The molecule has 37 heavy (non-hydrogen) atoms. The fourth-order valence-corrected chi connectivity index (χ4v) is 6.83. The lowest BCUT2D eigenvalue weighted by atomic mass is 9.52. The molecule has 0 aromatic heterocycles. The van der Waals surface area contributed by atoms with Gasteiger partial charge in [-0.15, -0.1) is 0 Å². The maximum absolute atomic E-state index is 13.8. The Morgan fingerprint density at radius 3 is 2.51 bits per heavy atom. The molecule has 10 heteroatoms. The number of carbonyl (C=O) groups is 5. The molecule has 2 unspecified atom stereocenters. The molecule has 196 valence electrons. The number of hydrogen-bond donors (Lipinski definition) is 3. The number of Topliss-reactive ketones (excluding diaryl/α,β-unsaturated/α-hetero) is 4. The number of nitrogens with two attached hydrogens (primary N) is 1. The van der Waals surface area contributed by atoms with Gasteiger partial charge in [-0.2, -0.15) is 0 Å². The van der Waals surface area contributed by atoms with Crippen LogP contribution in [0, 0.1) is 23.7 Å². The van der Waals surface area contributed by atoms with Crippen molar-refractivity contribution in [3.63, 3.8) is 0 Å². The summed E-state index contributed by atoms with van der Waals surface area (Å²) >= 11 is 0. The van der Waals surface area contributed by atoms with E-state index in [2.05, 4.69) is 11.0 Å². The molecule has 0 spiro atoms. The van der Waals surface area contributed by atoms with Crippen LogP contribution < -0.4 is 5.73 Å². The molecule has 1 amide bonds. The molecule has 6 atom stereocenters. The predicted molar refractivity (Wildman–Crippen MR) is 130 cm³/mol. The van der Waals surface area contributed by atoms with Crippen LogP contribution in [0.4, 0.5) is 0 Å².